The van der Waals surface area contributed by atoms with Crippen LogP contribution in [0.3, 0.4) is 0 Å². The fourth-order valence-corrected chi connectivity index (χ4v) is 2.56. The van der Waals surface area contributed by atoms with E-state index in [4.69, 9.17) is 0 Å². The summed E-state index contributed by atoms with van der Waals surface area (Å²) in [5, 5.41) is 15.3. The number of rotatable bonds is 5. The summed E-state index contributed by atoms with van der Waals surface area (Å²) in [6.07, 6.45) is 7.23. The molecule has 2 saturated carbocycles. The summed E-state index contributed by atoms with van der Waals surface area (Å²) in [6.45, 7) is 0.236. The summed E-state index contributed by atoms with van der Waals surface area (Å²) in [6, 6.07) is 0.464. The van der Waals surface area contributed by atoms with E-state index in [-0.39, 0.29) is 12.5 Å². The zero-order valence-corrected chi connectivity index (χ0v) is 10.7. The molecule has 0 saturated heterocycles. The molecule has 2 aliphatic carbocycles. The van der Waals surface area contributed by atoms with Crippen molar-refractivity contribution in [3.63, 3.8) is 0 Å². The molecule has 1 amide bonds. The maximum atomic E-state index is 11.8. The molecule has 0 radical (unpaired) electrons. The monoisotopic (exact) mass is 254 g/mol. The van der Waals surface area contributed by atoms with E-state index in [1.807, 2.05) is 0 Å². The molecule has 0 aromatic rings. The smallest absolute Gasteiger partial charge is 0.329 e. The van der Waals surface area contributed by atoms with Gasteiger partial charge in [0.15, 0.2) is 0 Å². The van der Waals surface area contributed by atoms with Gasteiger partial charge < -0.3 is 15.7 Å². The lowest BCUT2D eigenvalue weighted by Gasteiger charge is -2.29. The first-order valence-electron chi connectivity index (χ1n) is 6.90. The number of hydrogen-bond donors (Lipinski definition) is 3. The van der Waals surface area contributed by atoms with Crippen molar-refractivity contribution in [3.05, 3.63) is 0 Å². The zero-order chi connectivity index (χ0) is 13.0. The number of amides is 1. The fraction of sp³-hybridized carbons (Fsp3) is 0.846. The van der Waals surface area contributed by atoms with Gasteiger partial charge in [0.25, 0.3) is 0 Å². The third-order valence-corrected chi connectivity index (χ3v) is 3.87. The second-order valence-electron chi connectivity index (χ2n) is 5.50. The Morgan fingerprint density at radius 1 is 1.11 bits per heavy atom. The highest BCUT2D eigenvalue weighted by Gasteiger charge is 2.40. The van der Waals surface area contributed by atoms with Crippen molar-refractivity contribution in [1.29, 1.82) is 0 Å². The van der Waals surface area contributed by atoms with Gasteiger partial charge in [0.1, 0.15) is 5.54 Å². The number of nitrogens with one attached hydrogen (secondary N) is 2. The van der Waals surface area contributed by atoms with Gasteiger partial charge >= 0.3 is 5.97 Å². The Morgan fingerprint density at radius 3 is 2.22 bits per heavy atom. The van der Waals surface area contributed by atoms with Gasteiger partial charge in [0, 0.05) is 6.04 Å². The van der Waals surface area contributed by atoms with E-state index < -0.39 is 11.5 Å². The van der Waals surface area contributed by atoms with Crippen LogP contribution in [0.1, 0.15) is 51.4 Å². The predicted molar refractivity (Wildman–Crippen MR) is 67.2 cm³/mol. The minimum absolute atomic E-state index is 0.189. The SMILES string of the molecule is O=C(CNC1CC1)NC1(C(=O)O)CCCCCC1. The predicted octanol–water partition coefficient (Wildman–Crippen LogP) is 1.03. The first-order chi connectivity index (χ1) is 8.62. The van der Waals surface area contributed by atoms with Crippen molar-refractivity contribution >= 4 is 11.9 Å². The lowest BCUT2D eigenvalue weighted by molar-refractivity contribution is -0.148. The van der Waals surface area contributed by atoms with Crippen LogP contribution in [0.25, 0.3) is 0 Å². The van der Waals surface area contributed by atoms with E-state index in [1.165, 1.54) is 0 Å². The summed E-state index contributed by atoms with van der Waals surface area (Å²) in [4.78, 5) is 23.3. The molecular formula is C13H22N2O3. The minimum atomic E-state index is -1.03. The van der Waals surface area contributed by atoms with Gasteiger partial charge in [-0.2, -0.15) is 0 Å². The lowest BCUT2D eigenvalue weighted by Crippen LogP contribution is -2.56. The molecular weight excluding hydrogens is 232 g/mol. The number of hydrogen-bond acceptors (Lipinski definition) is 3. The molecule has 0 atom stereocenters. The van der Waals surface area contributed by atoms with Gasteiger partial charge in [-0.25, -0.2) is 4.79 Å². The largest absolute Gasteiger partial charge is 0.480 e. The van der Waals surface area contributed by atoms with E-state index >= 15 is 0 Å². The Bertz CT molecular complexity index is 318. The zero-order valence-electron chi connectivity index (χ0n) is 10.7. The van der Waals surface area contributed by atoms with Crippen LogP contribution >= 0.6 is 0 Å². The molecule has 2 rings (SSSR count). The van der Waals surface area contributed by atoms with Gasteiger partial charge in [0.2, 0.25) is 5.91 Å². The summed E-state index contributed by atoms with van der Waals surface area (Å²) in [5.74, 6) is -1.07. The average Bonchev–Trinajstić information content (AvgIpc) is 3.14. The third kappa shape index (κ3) is 3.45. The molecule has 0 unspecified atom stereocenters. The highest BCUT2D eigenvalue weighted by Crippen LogP contribution is 2.27. The van der Waals surface area contributed by atoms with Crippen molar-refractivity contribution in [2.45, 2.75) is 62.9 Å². The van der Waals surface area contributed by atoms with Gasteiger partial charge in [-0.1, -0.05) is 25.7 Å². The number of aliphatic carboxylic acids is 1. The van der Waals surface area contributed by atoms with Gasteiger partial charge in [0.05, 0.1) is 6.54 Å². The molecule has 0 aliphatic heterocycles. The second-order valence-corrected chi connectivity index (χ2v) is 5.50. The van der Waals surface area contributed by atoms with E-state index in [0.29, 0.717) is 18.9 Å². The molecule has 5 heteroatoms. The van der Waals surface area contributed by atoms with Crippen LogP contribution in [0.15, 0.2) is 0 Å². The Kier molecular flexibility index (Phi) is 4.22. The molecule has 0 bridgehead atoms. The molecule has 2 fully saturated rings. The summed E-state index contributed by atoms with van der Waals surface area (Å²) in [7, 11) is 0. The number of carboxylic acids is 1. The molecule has 5 nitrogen and oxygen atoms in total. The summed E-state index contributed by atoms with van der Waals surface area (Å²) >= 11 is 0. The number of carbonyl (C=O) groups is 2. The summed E-state index contributed by atoms with van der Waals surface area (Å²) in [5.41, 5.74) is -1.03. The van der Waals surface area contributed by atoms with E-state index in [2.05, 4.69) is 10.6 Å². The summed E-state index contributed by atoms with van der Waals surface area (Å²) < 4.78 is 0. The topological polar surface area (TPSA) is 78.4 Å². The first-order valence-corrected chi connectivity index (χ1v) is 6.90. The minimum Gasteiger partial charge on any atom is -0.480 e. The molecule has 3 N–H and O–H groups in total. The van der Waals surface area contributed by atoms with Gasteiger partial charge in [-0.15, -0.1) is 0 Å². The van der Waals surface area contributed by atoms with Crippen molar-refractivity contribution in [3.8, 4) is 0 Å². The quantitative estimate of drug-likeness (QED) is 0.640. The lowest BCUT2D eigenvalue weighted by atomic mass is 9.90. The Hall–Kier alpha value is -1.10. The Morgan fingerprint density at radius 2 is 1.72 bits per heavy atom. The Labute approximate surface area is 107 Å². The van der Waals surface area contributed by atoms with Crippen molar-refractivity contribution < 1.29 is 14.7 Å². The van der Waals surface area contributed by atoms with Gasteiger partial charge in [-0.3, -0.25) is 4.79 Å². The van der Waals surface area contributed by atoms with Crippen LogP contribution in [-0.2, 0) is 9.59 Å². The van der Waals surface area contributed by atoms with E-state index in [1.54, 1.807) is 0 Å². The molecule has 102 valence electrons. The standard InChI is InChI=1S/C13H22N2O3/c16-11(9-14-10-5-6-10)15-13(12(17)18)7-3-1-2-4-8-13/h10,14H,1-9H2,(H,15,16)(H,17,18). The Balaban J connectivity index is 1.90. The van der Waals surface area contributed by atoms with Crippen LogP contribution in [0.5, 0.6) is 0 Å². The maximum Gasteiger partial charge on any atom is 0.329 e. The molecule has 0 heterocycles. The van der Waals surface area contributed by atoms with Gasteiger partial charge in [-0.05, 0) is 25.7 Å². The van der Waals surface area contributed by atoms with Crippen LogP contribution in [0.4, 0.5) is 0 Å². The second kappa shape index (κ2) is 5.69. The number of carboxylic acid groups (broad SMARTS) is 1. The van der Waals surface area contributed by atoms with Crippen molar-refractivity contribution in [1.82, 2.24) is 10.6 Å². The number of carbonyl (C=O) groups excluding carboxylic acids is 1. The van der Waals surface area contributed by atoms with E-state index in [0.717, 1.165) is 38.5 Å². The van der Waals surface area contributed by atoms with Crippen LogP contribution in [-0.4, -0.2) is 35.1 Å². The molecule has 0 aromatic carbocycles. The third-order valence-electron chi connectivity index (χ3n) is 3.87. The molecule has 0 spiro atoms. The van der Waals surface area contributed by atoms with Crippen LogP contribution in [0, 0.1) is 0 Å². The highest BCUT2D eigenvalue weighted by atomic mass is 16.4. The first kappa shape index (κ1) is 13.3. The van der Waals surface area contributed by atoms with Crippen LogP contribution in [0.2, 0.25) is 0 Å². The van der Waals surface area contributed by atoms with Crippen molar-refractivity contribution in [2.75, 3.05) is 6.54 Å². The van der Waals surface area contributed by atoms with Crippen LogP contribution < -0.4 is 10.6 Å². The van der Waals surface area contributed by atoms with Crippen molar-refractivity contribution in [2.24, 2.45) is 0 Å². The highest BCUT2D eigenvalue weighted by molar-refractivity contribution is 5.87. The fourth-order valence-electron chi connectivity index (χ4n) is 2.56. The average molecular weight is 254 g/mol. The molecule has 0 aromatic heterocycles. The molecule has 18 heavy (non-hydrogen) atoms. The van der Waals surface area contributed by atoms with E-state index in [9.17, 15) is 14.7 Å². The normalized spacial score (nSPS) is 23.1. The maximum absolute atomic E-state index is 11.8. The molecule has 2 aliphatic rings.